The monoisotopic (exact) mass is 1500 g/mol. The van der Waals surface area contributed by atoms with Gasteiger partial charge < -0.3 is 79.0 Å². The van der Waals surface area contributed by atoms with E-state index in [-0.39, 0.29) is 56.7 Å². The third-order valence-electron chi connectivity index (χ3n) is 20.1. The second-order valence-electron chi connectivity index (χ2n) is 31.2. The van der Waals surface area contributed by atoms with Gasteiger partial charge in [-0.2, -0.15) is 0 Å². The molecule has 2 saturated heterocycles. The summed E-state index contributed by atoms with van der Waals surface area (Å²) in [5, 5.41) is 40.7. The summed E-state index contributed by atoms with van der Waals surface area (Å²) >= 11 is 0. The largest absolute Gasteiger partial charge is 0.458 e. The van der Waals surface area contributed by atoms with Crippen molar-refractivity contribution in [3.8, 4) is 0 Å². The van der Waals surface area contributed by atoms with E-state index in [9.17, 15) is 57.8 Å². The zero-order valence-corrected chi connectivity index (χ0v) is 66.9. The molecule has 2 fully saturated rings. The third-order valence-corrected chi connectivity index (χ3v) is 20.1. The van der Waals surface area contributed by atoms with Crippen LogP contribution >= 0.6 is 0 Å². The highest BCUT2D eigenvalue weighted by Crippen LogP contribution is 2.27. The number of ketones is 1. The Morgan fingerprint density at radius 3 is 1.70 bits per heavy atom. The van der Waals surface area contributed by atoms with Gasteiger partial charge in [-0.25, -0.2) is 4.79 Å². The van der Waals surface area contributed by atoms with Crippen LogP contribution in [0.5, 0.6) is 0 Å². The number of hydrogen-bond donors (Lipinski definition) is 13. The molecule has 1 aromatic rings. The van der Waals surface area contributed by atoms with Crippen molar-refractivity contribution in [3.05, 3.63) is 47.7 Å². The van der Waals surface area contributed by atoms with Gasteiger partial charge in [0.15, 0.2) is 5.78 Å². The number of nitrogens with two attached hydrogens (primary N) is 1. The highest BCUT2D eigenvalue weighted by atomic mass is 16.5. The van der Waals surface area contributed by atoms with Crippen molar-refractivity contribution >= 4 is 82.6 Å². The molecule has 0 aliphatic carbocycles. The van der Waals surface area contributed by atoms with Gasteiger partial charge in [0.1, 0.15) is 72.2 Å². The van der Waals surface area contributed by atoms with Crippen LogP contribution in [-0.4, -0.2) is 184 Å². The molecule has 0 unspecified atom stereocenters. The zero-order valence-electron chi connectivity index (χ0n) is 66.9. The molecule has 0 saturated carbocycles. The van der Waals surface area contributed by atoms with Gasteiger partial charge in [0.25, 0.3) is 5.91 Å². The van der Waals surface area contributed by atoms with Crippen LogP contribution in [0.15, 0.2) is 42.1 Å². The summed E-state index contributed by atoms with van der Waals surface area (Å²) in [5.74, 6) is -15.5. The standard InChI is InChI=1S/C78H129N13O16/c1-20-47(16)63(74(102)90-66-50(19)107-78(106)62(46(14)15)86-68(96)53(22-3)80-69(97)54(39-51-32-25-23-26-33-51)81-70(98)59(43(8)9)83-73(101)64(48(17)21-2)88-76(66)104)87-67(95)52(34-27-24-28-37-79)40-56(93)55-35-30-38-91(55)77(105)61(45(12)13)85-72(100)60(44(10)11)84-75(103)65(49(18)92)89-71(99)58(42(6)7)82-57(94)36-29-31-41(4)5/h22-23,25-26,32-33,41-50,52,54-55,58-66,92H,20-21,24,27-31,34-40,79H2,1-19H3,(H,80,97)(H,81,98)(H,82,94)(H,83,101)(H,84,103)(H,85,100)(H,86,96)(H,87,95)(H,88,104)(H,89,99)(H,90,102)/b53-22-/t47-,48-,49+,50-,52+,54-,55+,58+,59+,60-,61+,62-,63+,64+,65-,66+/m0/s1. The third kappa shape index (κ3) is 29.0. The molecule has 0 aromatic heterocycles. The smallest absolute Gasteiger partial charge is 0.329 e. The summed E-state index contributed by atoms with van der Waals surface area (Å²) in [4.78, 5) is 203. The number of nitrogens with zero attached hydrogens (tertiary/aromatic N) is 1. The maximum Gasteiger partial charge on any atom is 0.329 e. The molecule has 2 aliphatic rings. The number of esters is 1. The van der Waals surface area contributed by atoms with Crippen molar-refractivity contribution in [3.63, 3.8) is 0 Å². The number of nitrogens with one attached hydrogen (secondary N) is 11. The Balaban J connectivity index is 2.03. The van der Waals surface area contributed by atoms with E-state index in [1.54, 1.807) is 127 Å². The highest BCUT2D eigenvalue weighted by Gasteiger charge is 2.45. The number of ether oxygens (including phenoxy) is 1. The summed E-state index contributed by atoms with van der Waals surface area (Å²) in [5.41, 5.74) is 6.25. The van der Waals surface area contributed by atoms with Crippen LogP contribution in [0.3, 0.4) is 0 Å². The molecule has 29 heteroatoms. The minimum absolute atomic E-state index is 0.0314. The average Bonchev–Trinajstić information content (AvgIpc) is 1.81. The predicted molar refractivity (Wildman–Crippen MR) is 406 cm³/mol. The number of likely N-dealkylation sites (tertiary alicyclic amines) is 1. The summed E-state index contributed by atoms with van der Waals surface area (Å²) in [6.45, 7) is 32.3. The maximum atomic E-state index is 15.1. The number of benzene rings is 1. The molecular formula is C78H129N13O16. The van der Waals surface area contributed by atoms with Crippen LogP contribution in [0.1, 0.15) is 214 Å². The normalized spacial score (nSPS) is 22.4. The minimum atomic E-state index is -1.81. The van der Waals surface area contributed by atoms with Crippen molar-refractivity contribution < 1.29 is 77.0 Å². The van der Waals surface area contributed by atoms with E-state index >= 15 is 14.4 Å². The van der Waals surface area contributed by atoms with E-state index in [1.807, 2.05) is 13.8 Å². The molecular weight excluding hydrogens is 1370 g/mol. The van der Waals surface area contributed by atoms with Gasteiger partial charge in [0.05, 0.1) is 12.1 Å². The van der Waals surface area contributed by atoms with Crippen LogP contribution < -0.4 is 64.2 Å². The molecule has 1 aromatic carbocycles. The van der Waals surface area contributed by atoms with E-state index in [0.29, 0.717) is 56.6 Å². The predicted octanol–water partition coefficient (Wildman–Crippen LogP) is 3.71. The lowest BCUT2D eigenvalue weighted by molar-refractivity contribution is -0.157. The number of hydrogen-bond acceptors (Lipinski definition) is 17. The summed E-state index contributed by atoms with van der Waals surface area (Å²) in [6, 6.07) is -6.00. The topological polar surface area (TPSA) is 430 Å². The van der Waals surface area contributed by atoms with Gasteiger partial charge in [-0.15, -0.1) is 0 Å². The van der Waals surface area contributed by atoms with Crippen molar-refractivity contribution in [2.75, 3.05) is 13.1 Å². The molecule has 3 rings (SSSR count). The number of amides is 12. The Hall–Kier alpha value is -8.34. The second kappa shape index (κ2) is 45.5. The van der Waals surface area contributed by atoms with Gasteiger partial charge in [0, 0.05) is 31.7 Å². The lowest BCUT2D eigenvalue weighted by Crippen LogP contribution is -2.63. The van der Waals surface area contributed by atoms with Gasteiger partial charge in [-0.1, -0.05) is 179 Å². The maximum absolute atomic E-state index is 15.1. The molecule has 12 amide bonds. The van der Waals surface area contributed by atoms with Crippen LogP contribution in [0.4, 0.5) is 0 Å². The molecule has 602 valence electrons. The first-order chi connectivity index (χ1) is 50.2. The summed E-state index contributed by atoms with van der Waals surface area (Å²) in [6.07, 6.45) is 2.45. The fraction of sp³-hybridized carbons (Fsp3) is 0.718. The van der Waals surface area contributed by atoms with Gasteiger partial charge >= 0.3 is 5.97 Å². The average molecular weight is 1500 g/mol. The van der Waals surface area contributed by atoms with Crippen molar-refractivity contribution in [2.45, 2.75) is 294 Å². The van der Waals surface area contributed by atoms with Gasteiger partial charge in [-0.3, -0.25) is 62.3 Å². The fourth-order valence-corrected chi connectivity index (χ4v) is 12.8. The number of aliphatic hydroxyl groups is 1. The van der Waals surface area contributed by atoms with Gasteiger partial charge in [-0.05, 0) is 112 Å². The van der Waals surface area contributed by atoms with E-state index in [4.69, 9.17) is 10.5 Å². The number of Topliss-reactive ketones (excluding diaryl/α,β-unsaturated/α-hetero) is 1. The van der Waals surface area contributed by atoms with Crippen LogP contribution in [0, 0.1) is 53.3 Å². The first-order valence-electron chi connectivity index (χ1n) is 38.7. The van der Waals surface area contributed by atoms with Crippen LogP contribution in [-0.2, 0) is 78.3 Å². The van der Waals surface area contributed by atoms with Crippen molar-refractivity contribution in [1.29, 1.82) is 0 Å². The minimum Gasteiger partial charge on any atom is -0.458 e. The first-order valence-corrected chi connectivity index (χ1v) is 38.7. The summed E-state index contributed by atoms with van der Waals surface area (Å²) < 4.78 is 5.99. The Morgan fingerprint density at radius 2 is 1.16 bits per heavy atom. The quantitative estimate of drug-likeness (QED) is 0.0259. The van der Waals surface area contributed by atoms with E-state index in [0.717, 1.165) is 6.42 Å². The van der Waals surface area contributed by atoms with E-state index in [2.05, 4.69) is 58.5 Å². The van der Waals surface area contributed by atoms with Crippen LogP contribution in [0.25, 0.3) is 0 Å². The number of allylic oxidation sites excluding steroid dienone is 1. The Bertz CT molecular complexity index is 3190. The number of aliphatic hydroxyl groups excluding tert-OH is 1. The lowest BCUT2D eigenvalue weighted by Gasteiger charge is -2.33. The molecule has 14 N–H and O–H groups in total. The second-order valence-corrected chi connectivity index (χ2v) is 31.2. The van der Waals surface area contributed by atoms with E-state index in [1.165, 1.54) is 31.7 Å². The molecule has 0 bridgehead atoms. The zero-order chi connectivity index (χ0) is 80.9. The first kappa shape index (κ1) is 92.9. The van der Waals surface area contributed by atoms with E-state index < -0.39 is 203 Å². The number of carbonyl (C=O) groups is 14. The fourth-order valence-electron chi connectivity index (χ4n) is 12.8. The number of unbranched alkanes of at least 4 members (excludes halogenated alkanes) is 2. The molecule has 2 aliphatic heterocycles. The SMILES string of the molecule is C/C=C1\NC(=O)[C@H](Cc2ccccc2)NC(=O)[C@@H](C(C)C)NC(=O)[C@@H]([C@@H](C)CC)NC(=O)[C@H](NC(=O)[C@H](NC(=O)[C@H](CCCCCN)CC(=O)[C@H]2CCCN2C(=O)[C@H](NC(=O)[C@@H](NC(=O)[C@@H](NC(=O)[C@H](NC(=O)CCCC(C)C)C(C)C)[C@@H](C)O)C(C)C)C(C)C)[C@@H](C)CC)[C@H](C)OC(=O)[C@H](C(C)C)NC1=O. The Kier molecular flexibility index (Phi) is 39.5. The van der Waals surface area contributed by atoms with Gasteiger partial charge in [0.2, 0.25) is 65.0 Å². The number of carbonyl (C=O) groups excluding carboxylic acids is 14. The molecule has 2 heterocycles. The number of cyclic esters (lactones) is 1. The molecule has 29 nitrogen and oxygen atoms in total. The molecule has 0 radical (unpaired) electrons. The molecule has 0 spiro atoms. The molecule has 16 atom stereocenters. The molecule has 107 heavy (non-hydrogen) atoms. The Morgan fingerprint density at radius 1 is 0.607 bits per heavy atom. The Labute approximate surface area is 633 Å². The van der Waals surface area contributed by atoms with Crippen molar-refractivity contribution in [1.82, 2.24) is 63.4 Å². The summed E-state index contributed by atoms with van der Waals surface area (Å²) in [7, 11) is 0. The lowest BCUT2D eigenvalue weighted by atomic mass is 9.90. The number of rotatable bonds is 36. The van der Waals surface area contributed by atoms with Crippen LogP contribution in [0.2, 0.25) is 0 Å². The highest BCUT2D eigenvalue weighted by molar-refractivity contribution is 6.03. The van der Waals surface area contributed by atoms with Crippen molar-refractivity contribution in [2.24, 2.45) is 59.0 Å².